The van der Waals surface area contributed by atoms with Gasteiger partial charge in [-0.1, -0.05) is 13.8 Å². The summed E-state index contributed by atoms with van der Waals surface area (Å²) >= 11 is 0. The molecule has 0 aromatic heterocycles. The smallest absolute Gasteiger partial charge is 0.0850 e. The van der Waals surface area contributed by atoms with E-state index in [9.17, 15) is 5.11 Å². The molecule has 1 atom stereocenters. The summed E-state index contributed by atoms with van der Waals surface area (Å²) in [6.07, 6.45) is 1.52. The van der Waals surface area contributed by atoms with Crippen LogP contribution in [-0.4, -0.2) is 29.3 Å². The van der Waals surface area contributed by atoms with Crippen LogP contribution in [0.25, 0.3) is 0 Å². The summed E-state index contributed by atoms with van der Waals surface area (Å²) in [5.41, 5.74) is 5.03. The van der Waals surface area contributed by atoms with Crippen LogP contribution in [0.2, 0.25) is 0 Å². The van der Waals surface area contributed by atoms with E-state index in [4.69, 9.17) is 5.73 Å². The molecule has 13 heavy (non-hydrogen) atoms. The Morgan fingerprint density at radius 3 is 2.23 bits per heavy atom. The Balaban J connectivity index is 2.76. The molecule has 0 aromatic carbocycles. The number of nitrogens with one attached hydrogen (secondary N) is 1. The normalized spacial score (nSPS) is 27.2. The van der Waals surface area contributed by atoms with Gasteiger partial charge in [-0.25, -0.2) is 0 Å². The molecule has 4 N–H and O–H groups in total. The van der Waals surface area contributed by atoms with Gasteiger partial charge in [0, 0.05) is 5.54 Å². The number of rotatable bonds is 2. The maximum atomic E-state index is 10.4. The van der Waals surface area contributed by atoms with Crippen molar-refractivity contribution >= 4 is 0 Å². The lowest BCUT2D eigenvalue weighted by molar-refractivity contribution is -0.0695. The molecule has 1 saturated heterocycles. The standard InChI is InChI=1S/C10H22N2O/c1-8(2)9(3,11)10(13)4-6-12-7-5-10/h8,12-13H,4-7,11H2,1-3H3. The molecule has 3 nitrogen and oxygen atoms in total. The lowest BCUT2D eigenvalue weighted by Crippen LogP contribution is -2.64. The molecule has 0 radical (unpaired) electrons. The maximum Gasteiger partial charge on any atom is 0.0850 e. The van der Waals surface area contributed by atoms with Crippen molar-refractivity contribution in [3.05, 3.63) is 0 Å². The molecule has 1 rings (SSSR count). The molecule has 1 unspecified atom stereocenters. The Hall–Kier alpha value is -0.120. The first-order valence-electron chi connectivity index (χ1n) is 5.12. The lowest BCUT2D eigenvalue weighted by Gasteiger charge is -2.47. The highest BCUT2D eigenvalue weighted by Crippen LogP contribution is 2.33. The zero-order valence-corrected chi connectivity index (χ0v) is 8.93. The van der Waals surface area contributed by atoms with E-state index in [1.165, 1.54) is 0 Å². The van der Waals surface area contributed by atoms with Crippen LogP contribution >= 0.6 is 0 Å². The number of nitrogens with two attached hydrogens (primary N) is 1. The van der Waals surface area contributed by atoms with Crippen molar-refractivity contribution in [2.45, 2.75) is 44.8 Å². The van der Waals surface area contributed by atoms with Crippen molar-refractivity contribution in [1.82, 2.24) is 5.32 Å². The van der Waals surface area contributed by atoms with Crippen LogP contribution in [0.5, 0.6) is 0 Å². The van der Waals surface area contributed by atoms with Gasteiger partial charge in [0.15, 0.2) is 0 Å². The summed E-state index contributed by atoms with van der Waals surface area (Å²) < 4.78 is 0. The number of hydrogen-bond donors (Lipinski definition) is 3. The van der Waals surface area contributed by atoms with E-state index in [1.54, 1.807) is 0 Å². The van der Waals surface area contributed by atoms with Crippen LogP contribution in [0, 0.1) is 5.92 Å². The fourth-order valence-electron chi connectivity index (χ4n) is 1.92. The largest absolute Gasteiger partial charge is 0.388 e. The topological polar surface area (TPSA) is 58.3 Å². The van der Waals surface area contributed by atoms with E-state index >= 15 is 0 Å². The Morgan fingerprint density at radius 2 is 1.85 bits per heavy atom. The third-order valence-corrected chi connectivity index (χ3v) is 3.63. The highest BCUT2D eigenvalue weighted by atomic mass is 16.3. The molecule has 1 aliphatic rings. The highest BCUT2D eigenvalue weighted by Gasteiger charge is 2.46. The molecule has 0 aliphatic carbocycles. The van der Waals surface area contributed by atoms with Crippen LogP contribution in [0.1, 0.15) is 33.6 Å². The van der Waals surface area contributed by atoms with Crippen LogP contribution < -0.4 is 11.1 Å². The van der Waals surface area contributed by atoms with Crippen LogP contribution in [0.15, 0.2) is 0 Å². The maximum absolute atomic E-state index is 10.4. The van der Waals surface area contributed by atoms with Gasteiger partial charge in [0.1, 0.15) is 0 Å². The van der Waals surface area contributed by atoms with Crippen molar-refractivity contribution in [3.63, 3.8) is 0 Å². The van der Waals surface area contributed by atoms with Gasteiger partial charge in [-0.3, -0.25) is 0 Å². The molecular formula is C10H22N2O. The first-order valence-corrected chi connectivity index (χ1v) is 5.12. The minimum Gasteiger partial charge on any atom is -0.388 e. The molecular weight excluding hydrogens is 164 g/mol. The molecule has 1 heterocycles. The molecule has 3 heteroatoms. The Kier molecular flexibility index (Phi) is 3.00. The summed E-state index contributed by atoms with van der Waals surface area (Å²) in [5.74, 6) is 0.301. The van der Waals surface area contributed by atoms with Gasteiger partial charge in [0.05, 0.1) is 5.60 Å². The number of piperidine rings is 1. The van der Waals surface area contributed by atoms with Gasteiger partial charge in [0.25, 0.3) is 0 Å². The fourth-order valence-corrected chi connectivity index (χ4v) is 1.92. The second kappa shape index (κ2) is 3.56. The molecule has 0 aromatic rings. The summed E-state index contributed by atoms with van der Waals surface area (Å²) in [4.78, 5) is 0. The molecule has 0 saturated carbocycles. The number of aliphatic hydroxyl groups is 1. The quantitative estimate of drug-likeness (QED) is 0.588. The van der Waals surface area contributed by atoms with Crippen LogP contribution in [0.3, 0.4) is 0 Å². The van der Waals surface area contributed by atoms with Crippen LogP contribution in [0.4, 0.5) is 0 Å². The van der Waals surface area contributed by atoms with Crippen molar-refractivity contribution < 1.29 is 5.11 Å². The Bertz CT molecular complexity index is 172. The highest BCUT2D eigenvalue weighted by molar-refractivity contribution is 5.04. The van der Waals surface area contributed by atoms with Gasteiger partial charge < -0.3 is 16.2 Å². The fraction of sp³-hybridized carbons (Fsp3) is 1.00. The zero-order chi connectivity index (χ0) is 10.1. The van der Waals surface area contributed by atoms with Crippen molar-refractivity contribution in [1.29, 1.82) is 0 Å². The minimum atomic E-state index is -0.688. The van der Waals surface area contributed by atoms with E-state index in [2.05, 4.69) is 19.2 Å². The Labute approximate surface area is 80.7 Å². The monoisotopic (exact) mass is 186 g/mol. The van der Waals surface area contributed by atoms with Crippen molar-refractivity contribution in [2.75, 3.05) is 13.1 Å². The van der Waals surface area contributed by atoms with Gasteiger partial charge in [-0.05, 0) is 38.8 Å². The van der Waals surface area contributed by atoms with E-state index in [0.29, 0.717) is 5.92 Å². The van der Waals surface area contributed by atoms with Crippen LogP contribution in [-0.2, 0) is 0 Å². The second-order valence-corrected chi connectivity index (χ2v) is 4.72. The Morgan fingerprint density at radius 1 is 1.38 bits per heavy atom. The zero-order valence-electron chi connectivity index (χ0n) is 8.93. The molecule has 0 bridgehead atoms. The summed E-state index contributed by atoms with van der Waals surface area (Å²) in [7, 11) is 0. The van der Waals surface area contributed by atoms with E-state index < -0.39 is 11.1 Å². The molecule has 1 aliphatic heterocycles. The van der Waals surface area contributed by atoms with Gasteiger partial charge >= 0.3 is 0 Å². The first-order chi connectivity index (χ1) is 5.90. The molecule has 1 fully saturated rings. The van der Waals surface area contributed by atoms with Gasteiger partial charge in [-0.15, -0.1) is 0 Å². The molecule has 0 spiro atoms. The van der Waals surface area contributed by atoms with Crippen molar-refractivity contribution in [2.24, 2.45) is 11.7 Å². The van der Waals surface area contributed by atoms with Gasteiger partial charge in [0.2, 0.25) is 0 Å². The molecule has 0 amide bonds. The average Bonchev–Trinajstić information content (AvgIpc) is 2.05. The SMILES string of the molecule is CC(C)C(C)(N)C1(O)CCNCC1. The third-order valence-electron chi connectivity index (χ3n) is 3.63. The van der Waals surface area contributed by atoms with Crippen molar-refractivity contribution in [3.8, 4) is 0 Å². The van der Waals surface area contributed by atoms with E-state index in [0.717, 1.165) is 25.9 Å². The summed E-state index contributed by atoms with van der Waals surface area (Å²) in [5, 5.41) is 13.6. The summed E-state index contributed by atoms with van der Waals surface area (Å²) in [6, 6.07) is 0. The predicted octanol–water partition coefficient (Wildman–Crippen LogP) is 0.474. The van der Waals surface area contributed by atoms with E-state index in [1.807, 2.05) is 6.92 Å². The predicted molar refractivity (Wildman–Crippen MR) is 54.5 cm³/mol. The first kappa shape index (κ1) is 11.0. The van der Waals surface area contributed by atoms with Gasteiger partial charge in [-0.2, -0.15) is 0 Å². The van der Waals surface area contributed by atoms with E-state index in [-0.39, 0.29) is 0 Å². The summed E-state index contributed by atoms with van der Waals surface area (Å²) in [6.45, 7) is 7.84. The lowest BCUT2D eigenvalue weighted by atomic mass is 9.69. The molecule has 78 valence electrons. The average molecular weight is 186 g/mol. The minimum absolute atomic E-state index is 0.301. The number of hydrogen-bond acceptors (Lipinski definition) is 3. The third kappa shape index (κ3) is 1.87. The second-order valence-electron chi connectivity index (χ2n) is 4.72.